The maximum atomic E-state index is 12.0. The zero-order valence-electron chi connectivity index (χ0n) is 12.3. The van der Waals surface area contributed by atoms with E-state index < -0.39 is 0 Å². The minimum Gasteiger partial charge on any atom is -0.478 e. The first-order chi connectivity index (χ1) is 10.6. The topological polar surface area (TPSA) is 82.6 Å². The maximum absolute atomic E-state index is 12.0. The highest BCUT2D eigenvalue weighted by atomic mass is 16.5. The fourth-order valence-corrected chi connectivity index (χ4v) is 1.90. The largest absolute Gasteiger partial charge is 0.478 e. The summed E-state index contributed by atoms with van der Waals surface area (Å²) in [6.45, 7) is 0.00197. The molecule has 0 unspecified atom stereocenters. The van der Waals surface area contributed by atoms with Gasteiger partial charge in [-0.15, -0.1) is 0 Å². The number of carbonyl (C=O) groups excluding carboxylic acids is 1. The van der Waals surface area contributed by atoms with E-state index in [0.29, 0.717) is 12.2 Å². The number of aromatic amines is 1. The summed E-state index contributed by atoms with van der Waals surface area (Å²) in [5.41, 5.74) is 1.04. The maximum Gasteiger partial charge on any atom is 0.260 e. The highest BCUT2D eigenvalue weighted by Crippen LogP contribution is 2.05. The number of hydrogen-bond acceptors (Lipinski definition) is 4. The van der Waals surface area contributed by atoms with Crippen LogP contribution in [0.25, 0.3) is 0 Å². The molecule has 0 radical (unpaired) electrons. The Balaban J connectivity index is 1.91. The molecule has 0 saturated heterocycles. The quantitative estimate of drug-likeness (QED) is 0.830. The van der Waals surface area contributed by atoms with Crippen molar-refractivity contribution in [3.05, 3.63) is 64.1 Å². The predicted octanol–water partition coefficient (Wildman–Crippen LogP) is 0.905. The molecule has 6 heteroatoms. The molecule has 2 N–H and O–H groups in total. The highest BCUT2D eigenvalue weighted by Gasteiger charge is 2.11. The van der Waals surface area contributed by atoms with Crippen LogP contribution in [-0.2, 0) is 17.9 Å². The van der Waals surface area contributed by atoms with Crippen LogP contribution in [0.4, 0.5) is 0 Å². The third-order valence-electron chi connectivity index (χ3n) is 3.15. The van der Waals surface area contributed by atoms with Crippen LogP contribution in [0.3, 0.4) is 0 Å². The Morgan fingerprint density at radius 2 is 2.05 bits per heavy atom. The summed E-state index contributed by atoms with van der Waals surface area (Å²) in [6.07, 6.45) is 1.35. The number of aliphatic hydroxyl groups is 1. The van der Waals surface area contributed by atoms with Gasteiger partial charge in [0, 0.05) is 31.5 Å². The number of amides is 1. The van der Waals surface area contributed by atoms with E-state index in [1.807, 2.05) is 30.3 Å². The monoisotopic (exact) mass is 302 g/mol. The number of hydrogen-bond donors (Lipinski definition) is 2. The highest BCUT2D eigenvalue weighted by molar-refractivity contribution is 5.77. The number of H-pyrrole nitrogens is 1. The molecule has 6 nitrogen and oxygen atoms in total. The van der Waals surface area contributed by atoms with E-state index in [4.69, 9.17) is 9.84 Å². The zero-order valence-corrected chi connectivity index (χ0v) is 12.3. The molecule has 1 amide bonds. The molecule has 1 heterocycles. The first-order valence-electron chi connectivity index (χ1n) is 6.83. The number of aliphatic hydroxyl groups excluding tert-OH is 1. The third kappa shape index (κ3) is 4.20. The number of nitrogens with zero attached hydrogens (tertiary/aromatic N) is 1. The molecule has 0 aliphatic carbocycles. The Kier molecular flexibility index (Phi) is 5.32. The van der Waals surface area contributed by atoms with Crippen LogP contribution in [0.2, 0.25) is 0 Å². The Morgan fingerprint density at radius 1 is 1.32 bits per heavy atom. The van der Waals surface area contributed by atoms with Crippen molar-refractivity contribution in [3.8, 4) is 5.75 Å². The Hall–Kier alpha value is -2.60. The van der Waals surface area contributed by atoms with Gasteiger partial charge in [0.15, 0.2) is 12.4 Å². The van der Waals surface area contributed by atoms with Crippen LogP contribution in [0, 0.1) is 0 Å². The van der Waals surface area contributed by atoms with E-state index >= 15 is 0 Å². The third-order valence-corrected chi connectivity index (χ3v) is 3.15. The summed E-state index contributed by atoms with van der Waals surface area (Å²) in [5.74, 6) is -0.173. The lowest BCUT2D eigenvalue weighted by Gasteiger charge is -2.17. The second kappa shape index (κ2) is 7.42. The predicted molar refractivity (Wildman–Crippen MR) is 81.4 cm³/mol. The van der Waals surface area contributed by atoms with Crippen LogP contribution in [0.5, 0.6) is 5.75 Å². The number of aromatic nitrogens is 1. The lowest BCUT2D eigenvalue weighted by molar-refractivity contribution is -0.132. The van der Waals surface area contributed by atoms with Gasteiger partial charge in [0.1, 0.15) is 0 Å². The first kappa shape index (κ1) is 15.8. The second-order valence-corrected chi connectivity index (χ2v) is 4.87. The summed E-state index contributed by atoms with van der Waals surface area (Å²) in [4.78, 5) is 27.9. The van der Waals surface area contributed by atoms with Crippen LogP contribution < -0.4 is 10.2 Å². The van der Waals surface area contributed by atoms with Gasteiger partial charge in [0.05, 0.1) is 6.61 Å². The Bertz CT molecular complexity index is 682. The number of benzene rings is 1. The van der Waals surface area contributed by atoms with E-state index in [2.05, 4.69) is 4.98 Å². The van der Waals surface area contributed by atoms with Gasteiger partial charge < -0.3 is 19.7 Å². The fourth-order valence-electron chi connectivity index (χ4n) is 1.90. The smallest absolute Gasteiger partial charge is 0.260 e. The van der Waals surface area contributed by atoms with Crippen molar-refractivity contribution in [2.24, 2.45) is 0 Å². The van der Waals surface area contributed by atoms with Gasteiger partial charge in [-0.3, -0.25) is 9.59 Å². The Morgan fingerprint density at radius 3 is 2.68 bits per heavy atom. The molecule has 0 bridgehead atoms. The van der Waals surface area contributed by atoms with Crippen molar-refractivity contribution >= 4 is 5.91 Å². The van der Waals surface area contributed by atoms with Gasteiger partial charge >= 0.3 is 0 Å². The Labute approximate surface area is 128 Å². The molecule has 1 aromatic heterocycles. The molecule has 0 atom stereocenters. The summed E-state index contributed by atoms with van der Waals surface area (Å²) < 4.78 is 5.24. The van der Waals surface area contributed by atoms with E-state index in [-0.39, 0.29) is 30.3 Å². The van der Waals surface area contributed by atoms with Gasteiger partial charge in [-0.2, -0.15) is 0 Å². The van der Waals surface area contributed by atoms with Gasteiger partial charge in [-0.05, 0) is 5.56 Å². The summed E-state index contributed by atoms with van der Waals surface area (Å²) >= 11 is 0. The molecule has 2 rings (SSSR count). The minimum absolute atomic E-state index is 0.0543. The van der Waals surface area contributed by atoms with Crippen molar-refractivity contribution in [1.82, 2.24) is 9.88 Å². The second-order valence-electron chi connectivity index (χ2n) is 4.87. The summed E-state index contributed by atoms with van der Waals surface area (Å²) in [5, 5.41) is 8.91. The van der Waals surface area contributed by atoms with Crippen molar-refractivity contribution in [1.29, 1.82) is 0 Å². The average molecular weight is 302 g/mol. The molecular formula is C16H18N2O4. The summed E-state index contributed by atoms with van der Waals surface area (Å²) in [6, 6.07) is 10.8. The molecule has 116 valence electrons. The standard InChI is InChI=1S/C16H18N2O4/c1-18(9-12-5-3-2-4-6-12)16(21)11-22-15-8-17-13(10-19)7-14(15)20/h2-8,19H,9-11H2,1H3,(H,17,20). The van der Waals surface area contributed by atoms with E-state index in [0.717, 1.165) is 5.56 Å². The summed E-state index contributed by atoms with van der Waals surface area (Å²) in [7, 11) is 1.68. The van der Waals surface area contributed by atoms with Crippen LogP contribution in [-0.4, -0.2) is 34.6 Å². The SMILES string of the molecule is CN(Cc1ccccc1)C(=O)COc1c[nH]c(CO)cc1=O. The van der Waals surface area contributed by atoms with Crippen molar-refractivity contribution in [2.45, 2.75) is 13.2 Å². The van der Waals surface area contributed by atoms with Crippen LogP contribution >= 0.6 is 0 Å². The molecule has 22 heavy (non-hydrogen) atoms. The molecule has 0 spiro atoms. The molecule has 1 aromatic carbocycles. The zero-order chi connectivity index (χ0) is 15.9. The van der Waals surface area contributed by atoms with Crippen LogP contribution in [0.15, 0.2) is 47.4 Å². The normalized spacial score (nSPS) is 10.3. The number of nitrogens with one attached hydrogen (secondary N) is 1. The van der Waals surface area contributed by atoms with E-state index in [9.17, 15) is 9.59 Å². The minimum atomic E-state index is -0.374. The number of rotatable bonds is 6. The number of ether oxygens (including phenoxy) is 1. The fraction of sp³-hybridized carbons (Fsp3) is 0.250. The molecule has 2 aromatic rings. The number of likely N-dealkylation sites (N-methyl/N-ethyl adjacent to an activating group) is 1. The van der Waals surface area contributed by atoms with Gasteiger partial charge in [0.2, 0.25) is 5.43 Å². The van der Waals surface area contributed by atoms with Gasteiger partial charge in [-0.25, -0.2) is 0 Å². The van der Waals surface area contributed by atoms with Gasteiger partial charge in [-0.1, -0.05) is 30.3 Å². The molecule has 0 aliphatic rings. The van der Waals surface area contributed by atoms with Crippen molar-refractivity contribution in [2.75, 3.05) is 13.7 Å². The van der Waals surface area contributed by atoms with E-state index in [1.54, 1.807) is 7.05 Å². The van der Waals surface area contributed by atoms with E-state index in [1.165, 1.54) is 17.2 Å². The number of carbonyl (C=O) groups is 1. The first-order valence-corrected chi connectivity index (χ1v) is 6.83. The number of pyridine rings is 1. The molecule has 0 aliphatic heterocycles. The lowest BCUT2D eigenvalue weighted by Crippen LogP contribution is -2.31. The molecular weight excluding hydrogens is 284 g/mol. The van der Waals surface area contributed by atoms with Crippen LogP contribution in [0.1, 0.15) is 11.3 Å². The van der Waals surface area contributed by atoms with Crippen molar-refractivity contribution in [3.63, 3.8) is 0 Å². The molecule has 0 fully saturated rings. The lowest BCUT2D eigenvalue weighted by atomic mass is 10.2. The van der Waals surface area contributed by atoms with Crippen molar-refractivity contribution < 1.29 is 14.6 Å². The van der Waals surface area contributed by atoms with Gasteiger partial charge in [0.25, 0.3) is 5.91 Å². The molecule has 0 saturated carbocycles. The average Bonchev–Trinajstić information content (AvgIpc) is 2.54.